The number of pyridine rings is 2. The predicted octanol–water partition coefficient (Wildman–Crippen LogP) is 5.43. The second kappa shape index (κ2) is 12.5. The lowest BCUT2D eigenvalue weighted by Crippen LogP contribution is -2.58. The van der Waals surface area contributed by atoms with E-state index in [1.807, 2.05) is 57.7 Å². The number of carbonyl (C=O) groups is 1. The molecule has 9 nitrogen and oxygen atoms in total. The number of anilines is 1. The van der Waals surface area contributed by atoms with Crippen LogP contribution in [0.25, 0.3) is 28.0 Å². The maximum Gasteiger partial charge on any atom is 0.355 e. The zero-order valence-corrected chi connectivity index (χ0v) is 26.6. The molecule has 0 N–H and O–H groups in total. The van der Waals surface area contributed by atoms with Gasteiger partial charge >= 0.3 is 5.69 Å². The zero-order valence-electron chi connectivity index (χ0n) is 25.9. The minimum absolute atomic E-state index is 0.0246. The summed E-state index contributed by atoms with van der Waals surface area (Å²) in [6.07, 6.45) is 3.06. The average Bonchev–Trinajstić information content (AvgIpc) is 2.97. The highest BCUT2D eigenvalue weighted by Crippen LogP contribution is 2.36. The van der Waals surface area contributed by atoms with Gasteiger partial charge in [0, 0.05) is 43.5 Å². The van der Waals surface area contributed by atoms with Gasteiger partial charge in [-0.3, -0.25) is 9.78 Å². The molecule has 4 heterocycles. The zero-order chi connectivity index (χ0) is 31.9. The number of hydrogen-bond donors (Lipinski definition) is 0. The Labute approximate surface area is 261 Å². The van der Waals surface area contributed by atoms with Gasteiger partial charge in [-0.05, 0) is 69.8 Å². The van der Waals surface area contributed by atoms with Crippen molar-refractivity contribution in [2.24, 2.45) is 0 Å². The van der Waals surface area contributed by atoms with Crippen molar-refractivity contribution < 1.29 is 9.18 Å². The summed E-state index contributed by atoms with van der Waals surface area (Å²) in [7, 11) is 3.91. The maximum atomic E-state index is 15.1. The Morgan fingerprint density at radius 1 is 1.16 bits per heavy atom. The van der Waals surface area contributed by atoms with Crippen LogP contribution in [0.2, 0.25) is 5.02 Å². The van der Waals surface area contributed by atoms with E-state index in [0.717, 1.165) is 5.56 Å². The Morgan fingerprint density at radius 3 is 2.55 bits per heavy atom. The van der Waals surface area contributed by atoms with Crippen LogP contribution in [0, 0.1) is 5.82 Å². The lowest BCUT2D eigenvalue weighted by molar-refractivity contribution is -0.128. The molecule has 0 bridgehead atoms. The topological polar surface area (TPSA) is 87.5 Å². The van der Waals surface area contributed by atoms with Crippen LogP contribution in [0.5, 0.6) is 0 Å². The van der Waals surface area contributed by atoms with Gasteiger partial charge in [-0.1, -0.05) is 44.2 Å². The van der Waals surface area contributed by atoms with Crippen LogP contribution >= 0.6 is 11.6 Å². The Balaban J connectivity index is 1.85. The number of amides is 1. The second-order valence-corrected chi connectivity index (χ2v) is 12.3. The summed E-state index contributed by atoms with van der Waals surface area (Å²) in [5, 5.41) is 0.757. The largest absolute Gasteiger partial charge is 0.355 e. The van der Waals surface area contributed by atoms with E-state index in [1.54, 1.807) is 35.4 Å². The first-order valence-corrected chi connectivity index (χ1v) is 15.0. The van der Waals surface area contributed by atoms with Gasteiger partial charge in [0.05, 0.1) is 27.5 Å². The van der Waals surface area contributed by atoms with E-state index in [2.05, 4.69) is 16.5 Å². The van der Waals surface area contributed by atoms with Crippen LogP contribution in [0.15, 0.2) is 60.0 Å². The van der Waals surface area contributed by atoms with Gasteiger partial charge in [0.1, 0.15) is 11.6 Å². The minimum Gasteiger partial charge on any atom is -0.349 e. The minimum atomic E-state index is -0.541. The van der Waals surface area contributed by atoms with Crippen molar-refractivity contribution in [3.63, 3.8) is 0 Å². The summed E-state index contributed by atoms with van der Waals surface area (Å²) < 4.78 is 16.6. The molecule has 0 radical (unpaired) electrons. The van der Waals surface area contributed by atoms with Gasteiger partial charge in [0.2, 0.25) is 5.91 Å². The standard InChI is InChI=1S/C33H37ClFN7O2/c1-8-27(43)40-16-21(5)41(17-20(40)4)31-24-15-25(34)29(23-11-9-10-12-26(23)35)37-32(24)42(33(44)38-31)30-22(18-39(6)7)13-14-36-28(30)19(2)3/h8-15,19-21H,1,16-18H2,2-7H3. The Bertz CT molecular complexity index is 1810. The fourth-order valence-electron chi connectivity index (χ4n) is 5.88. The molecule has 44 heavy (non-hydrogen) atoms. The molecule has 0 spiro atoms. The van der Waals surface area contributed by atoms with Crippen LogP contribution in [0.4, 0.5) is 10.2 Å². The molecule has 11 heteroatoms. The molecule has 1 aromatic carbocycles. The molecule has 1 aliphatic heterocycles. The molecular formula is C33H37ClFN7O2. The van der Waals surface area contributed by atoms with E-state index in [0.29, 0.717) is 47.9 Å². The summed E-state index contributed by atoms with van der Waals surface area (Å²) in [4.78, 5) is 46.8. The number of benzene rings is 1. The van der Waals surface area contributed by atoms with Crippen molar-refractivity contribution in [2.45, 2.75) is 52.2 Å². The van der Waals surface area contributed by atoms with E-state index in [9.17, 15) is 9.59 Å². The number of carbonyl (C=O) groups excluding carboxylic acids is 1. The average molecular weight is 618 g/mol. The lowest BCUT2D eigenvalue weighted by Gasteiger charge is -2.44. The van der Waals surface area contributed by atoms with Crippen LogP contribution in [-0.2, 0) is 11.3 Å². The summed E-state index contributed by atoms with van der Waals surface area (Å²) in [5.74, 6) is -0.247. The third-order valence-corrected chi connectivity index (χ3v) is 8.23. The third kappa shape index (κ3) is 5.71. The molecule has 2 atom stereocenters. The Hall–Kier alpha value is -4.15. The molecule has 1 fully saturated rings. The third-order valence-electron chi connectivity index (χ3n) is 7.94. The Morgan fingerprint density at radius 2 is 1.89 bits per heavy atom. The maximum absolute atomic E-state index is 15.1. The van der Waals surface area contributed by atoms with E-state index in [4.69, 9.17) is 16.6 Å². The van der Waals surface area contributed by atoms with Crippen LogP contribution in [0.3, 0.4) is 0 Å². The summed E-state index contributed by atoms with van der Waals surface area (Å²) in [6.45, 7) is 13.0. The first-order chi connectivity index (χ1) is 20.9. The Kier molecular flexibility index (Phi) is 8.85. The molecule has 1 aliphatic rings. The predicted molar refractivity (Wildman–Crippen MR) is 173 cm³/mol. The number of aromatic nitrogens is 4. The normalized spacial score (nSPS) is 17.1. The molecule has 4 aromatic rings. The number of halogens is 2. The summed E-state index contributed by atoms with van der Waals surface area (Å²) in [5.41, 5.74) is 2.37. The van der Waals surface area contributed by atoms with Gasteiger partial charge < -0.3 is 14.7 Å². The molecule has 0 saturated carbocycles. The quantitative estimate of drug-likeness (QED) is 0.256. The van der Waals surface area contributed by atoms with Gasteiger partial charge in [0.25, 0.3) is 0 Å². The fourth-order valence-corrected chi connectivity index (χ4v) is 6.13. The number of fused-ring (bicyclic) bond motifs is 1. The molecular weight excluding hydrogens is 581 g/mol. The molecule has 1 amide bonds. The highest BCUT2D eigenvalue weighted by atomic mass is 35.5. The van der Waals surface area contributed by atoms with Crippen molar-refractivity contribution >= 4 is 34.4 Å². The van der Waals surface area contributed by atoms with E-state index < -0.39 is 11.5 Å². The van der Waals surface area contributed by atoms with Crippen molar-refractivity contribution in [3.05, 3.63) is 87.8 Å². The van der Waals surface area contributed by atoms with Crippen molar-refractivity contribution in [1.82, 2.24) is 29.3 Å². The van der Waals surface area contributed by atoms with Gasteiger partial charge in [-0.25, -0.2) is 18.7 Å². The van der Waals surface area contributed by atoms with Crippen molar-refractivity contribution in [2.75, 3.05) is 32.1 Å². The van der Waals surface area contributed by atoms with Crippen LogP contribution in [0.1, 0.15) is 44.9 Å². The van der Waals surface area contributed by atoms with Crippen LogP contribution in [-0.4, -0.2) is 74.5 Å². The van der Waals surface area contributed by atoms with E-state index >= 15 is 4.39 Å². The van der Waals surface area contributed by atoms with Crippen molar-refractivity contribution in [3.8, 4) is 16.9 Å². The summed E-state index contributed by atoms with van der Waals surface area (Å²) in [6, 6.07) is 9.52. The fraction of sp³-hybridized carbons (Fsp3) is 0.364. The lowest BCUT2D eigenvalue weighted by atomic mass is 10.0. The first-order valence-electron chi connectivity index (χ1n) is 14.6. The van der Waals surface area contributed by atoms with Gasteiger partial charge in [-0.15, -0.1) is 0 Å². The number of rotatable bonds is 7. The highest BCUT2D eigenvalue weighted by molar-refractivity contribution is 6.33. The molecule has 0 aliphatic carbocycles. The SMILES string of the molecule is C=CC(=O)N1CC(C)N(c2nc(=O)n(-c3c(CN(C)C)ccnc3C(C)C)c3nc(-c4ccccc4F)c(Cl)cc23)CC1C. The number of hydrogen-bond acceptors (Lipinski definition) is 7. The molecule has 230 valence electrons. The highest BCUT2D eigenvalue weighted by Gasteiger charge is 2.34. The smallest absolute Gasteiger partial charge is 0.349 e. The molecule has 2 unspecified atom stereocenters. The van der Waals surface area contributed by atoms with E-state index in [1.165, 1.54) is 16.7 Å². The number of nitrogens with zero attached hydrogens (tertiary/aromatic N) is 7. The van der Waals surface area contributed by atoms with E-state index in [-0.39, 0.29) is 40.2 Å². The molecule has 5 rings (SSSR count). The van der Waals surface area contributed by atoms with Crippen LogP contribution < -0.4 is 10.6 Å². The first kappa shape index (κ1) is 31.3. The molecule has 1 saturated heterocycles. The number of piperazine rings is 1. The molecule has 3 aromatic heterocycles. The van der Waals surface area contributed by atoms with Crippen molar-refractivity contribution in [1.29, 1.82) is 0 Å². The second-order valence-electron chi connectivity index (χ2n) is 11.9. The monoisotopic (exact) mass is 617 g/mol. The van der Waals surface area contributed by atoms with Gasteiger partial charge in [-0.2, -0.15) is 4.98 Å². The summed E-state index contributed by atoms with van der Waals surface area (Å²) >= 11 is 6.84. The van der Waals surface area contributed by atoms with Gasteiger partial charge in [0.15, 0.2) is 5.65 Å².